The molecule has 6 heteroatoms. The van der Waals surface area contributed by atoms with Crippen molar-refractivity contribution in [3.63, 3.8) is 0 Å². The molecule has 0 radical (unpaired) electrons. The molecule has 0 amide bonds. The van der Waals surface area contributed by atoms with Gasteiger partial charge in [0.15, 0.2) is 0 Å². The Hall–Kier alpha value is -1.79. The largest absolute Gasteiger partial charge is 0.367 e. The maximum Gasteiger partial charge on any atom is 0.138 e. The number of aryl methyl sites for hydroxylation is 2. The average Bonchev–Trinajstić information content (AvgIpc) is 3.14. The highest BCUT2D eigenvalue weighted by molar-refractivity contribution is 5.20. The lowest BCUT2D eigenvalue weighted by Crippen LogP contribution is -2.41. The van der Waals surface area contributed by atoms with E-state index in [1.54, 1.807) is 12.5 Å². The van der Waals surface area contributed by atoms with E-state index >= 15 is 0 Å². The molecule has 23 heavy (non-hydrogen) atoms. The van der Waals surface area contributed by atoms with E-state index in [2.05, 4.69) is 20.0 Å². The van der Waals surface area contributed by atoms with Crippen LogP contribution in [0.25, 0.3) is 0 Å². The summed E-state index contributed by atoms with van der Waals surface area (Å²) in [6.45, 7) is 6.96. The van der Waals surface area contributed by atoms with Crippen LogP contribution < -0.4 is 0 Å². The summed E-state index contributed by atoms with van der Waals surface area (Å²) in [6, 6.07) is 1.96. The minimum Gasteiger partial charge on any atom is -0.367 e. The van der Waals surface area contributed by atoms with E-state index in [1.165, 1.54) is 12.0 Å². The zero-order chi connectivity index (χ0) is 15.8. The highest BCUT2D eigenvalue weighted by Crippen LogP contribution is 2.40. The van der Waals surface area contributed by atoms with E-state index in [1.807, 2.05) is 19.9 Å². The van der Waals surface area contributed by atoms with Crippen molar-refractivity contribution in [3.05, 3.63) is 41.3 Å². The fraction of sp³-hybridized carbons (Fsp3) is 0.588. The lowest BCUT2D eigenvalue weighted by Gasteiger charge is -2.33. The smallest absolute Gasteiger partial charge is 0.138 e. The second-order valence-corrected chi connectivity index (χ2v) is 6.62. The standard InChI is InChI=1S/C17H22N4O2/c1-11-14(12(2)23-20-11)8-21-6-4-13-7-16(22-17(13)9-21)15-3-5-18-10-19-15/h3,5,10,13,16-17H,4,6-9H2,1-2H3/t13-,16+,17+/m1/s1. The molecule has 3 atom stereocenters. The first-order valence-electron chi connectivity index (χ1n) is 8.26. The lowest BCUT2D eigenvalue weighted by atomic mass is 9.91. The number of aromatic nitrogens is 3. The molecule has 122 valence electrons. The first-order chi connectivity index (χ1) is 11.2. The van der Waals surface area contributed by atoms with Crippen molar-refractivity contribution in [2.75, 3.05) is 13.1 Å². The quantitative estimate of drug-likeness (QED) is 0.867. The third-order valence-corrected chi connectivity index (χ3v) is 5.13. The van der Waals surface area contributed by atoms with Crippen LogP contribution in [0.4, 0.5) is 0 Å². The minimum absolute atomic E-state index is 0.118. The van der Waals surface area contributed by atoms with Gasteiger partial charge in [0.25, 0.3) is 0 Å². The van der Waals surface area contributed by atoms with Gasteiger partial charge < -0.3 is 9.26 Å². The molecule has 4 heterocycles. The van der Waals surface area contributed by atoms with E-state index in [9.17, 15) is 0 Å². The molecular weight excluding hydrogens is 292 g/mol. The summed E-state index contributed by atoms with van der Waals surface area (Å²) in [5, 5.41) is 4.05. The fourth-order valence-corrected chi connectivity index (χ4v) is 3.77. The number of likely N-dealkylation sites (tertiary alicyclic amines) is 1. The van der Waals surface area contributed by atoms with Crippen LogP contribution in [0.2, 0.25) is 0 Å². The Balaban J connectivity index is 1.42. The highest BCUT2D eigenvalue weighted by Gasteiger charge is 2.40. The Kier molecular flexibility index (Phi) is 3.87. The van der Waals surface area contributed by atoms with E-state index in [4.69, 9.17) is 9.26 Å². The van der Waals surface area contributed by atoms with Gasteiger partial charge in [0.1, 0.15) is 18.2 Å². The summed E-state index contributed by atoms with van der Waals surface area (Å²) in [7, 11) is 0. The van der Waals surface area contributed by atoms with Crippen LogP contribution in [0.15, 0.2) is 23.1 Å². The first kappa shape index (κ1) is 14.8. The molecule has 2 aliphatic heterocycles. The third-order valence-electron chi connectivity index (χ3n) is 5.13. The summed E-state index contributed by atoms with van der Waals surface area (Å²) >= 11 is 0. The van der Waals surface area contributed by atoms with Crippen LogP contribution >= 0.6 is 0 Å². The molecule has 0 saturated carbocycles. The second kappa shape index (κ2) is 6.02. The Labute approximate surface area is 135 Å². The van der Waals surface area contributed by atoms with E-state index in [-0.39, 0.29) is 6.10 Å². The van der Waals surface area contributed by atoms with Crippen LogP contribution in [0.1, 0.15) is 41.7 Å². The molecule has 0 aliphatic carbocycles. The maximum atomic E-state index is 6.29. The molecular formula is C17H22N4O2. The number of hydrogen-bond donors (Lipinski definition) is 0. The fourth-order valence-electron chi connectivity index (χ4n) is 3.77. The monoisotopic (exact) mass is 314 g/mol. The van der Waals surface area contributed by atoms with E-state index in [0.717, 1.165) is 43.2 Å². The normalized spacial score (nSPS) is 28.0. The summed E-state index contributed by atoms with van der Waals surface area (Å²) in [5.74, 6) is 1.56. The van der Waals surface area contributed by atoms with Crippen molar-refractivity contribution in [2.45, 2.75) is 45.4 Å². The first-order valence-corrected chi connectivity index (χ1v) is 8.26. The summed E-state index contributed by atoms with van der Waals surface area (Å²) in [6.07, 6.45) is 6.05. The van der Waals surface area contributed by atoms with Crippen LogP contribution in [-0.4, -0.2) is 39.2 Å². The molecule has 2 aromatic heterocycles. The predicted molar refractivity (Wildman–Crippen MR) is 83.6 cm³/mol. The van der Waals surface area contributed by atoms with E-state index < -0.39 is 0 Å². The number of piperidine rings is 1. The molecule has 0 bridgehead atoms. The SMILES string of the molecule is Cc1noc(C)c1CN1CC[C@@H]2C[C@@H](c3ccncn3)O[C@H]2C1. The van der Waals surface area contributed by atoms with Crippen molar-refractivity contribution < 1.29 is 9.26 Å². The summed E-state index contributed by atoms with van der Waals surface area (Å²) in [4.78, 5) is 10.8. The van der Waals surface area contributed by atoms with Crippen molar-refractivity contribution in [3.8, 4) is 0 Å². The van der Waals surface area contributed by atoms with Gasteiger partial charge in [-0.25, -0.2) is 9.97 Å². The van der Waals surface area contributed by atoms with Crippen LogP contribution in [0.3, 0.4) is 0 Å². The topological polar surface area (TPSA) is 64.3 Å². The molecule has 4 rings (SSSR count). The molecule has 6 nitrogen and oxygen atoms in total. The van der Waals surface area contributed by atoms with Crippen molar-refractivity contribution in [2.24, 2.45) is 5.92 Å². The number of hydrogen-bond acceptors (Lipinski definition) is 6. The summed E-state index contributed by atoms with van der Waals surface area (Å²) in [5.41, 5.74) is 3.22. The number of nitrogens with zero attached hydrogens (tertiary/aromatic N) is 4. The van der Waals surface area contributed by atoms with Gasteiger partial charge in [0.2, 0.25) is 0 Å². The number of ether oxygens (including phenoxy) is 1. The third kappa shape index (κ3) is 2.88. The molecule has 2 aliphatic rings. The van der Waals surface area contributed by atoms with Gasteiger partial charge >= 0.3 is 0 Å². The van der Waals surface area contributed by atoms with Gasteiger partial charge in [0, 0.05) is 24.8 Å². The van der Waals surface area contributed by atoms with Gasteiger partial charge in [-0.3, -0.25) is 4.90 Å². The minimum atomic E-state index is 0.118. The zero-order valence-electron chi connectivity index (χ0n) is 13.6. The van der Waals surface area contributed by atoms with Gasteiger partial charge in [-0.05, 0) is 45.2 Å². The Bertz CT molecular complexity index is 653. The molecule has 0 unspecified atom stereocenters. The van der Waals surface area contributed by atoms with Crippen LogP contribution in [0.5, 0.6) is 0 Å². The van der Waals surface area contributed by atoms with Crippen molar-refractivity contribution >= 4 is 0 Å². The molecule has 2 saturated heterocycles. The van der Waals surface area contributed by atoms with Crippen LogP contribution in [-0.2, 0) is 11.3 Å². The van der Waals surface area contributed by atoms with Gasteiger partial charge in [-0.15, -0.1) is 0 Å². The Morgan fingerprint density at radius 2 is 2.26 bits per heavy atom. The predicted octanol–water partition coefficient (Wildman–Crippen LogP) is 2.43. The highest BCUT2D eigenvalue weighted by atomic mass is 16.5. The zero-order valence-corrected chi connectivity index (χ0v) is 13.6. The Morgan fingerprint density at radius 3 is 3.00 bits per heavy atom. The average molecular weight is 314 g/mol. The molecule has 0 aromatic carbocycles. The molecule has 2 fully saturated rings. The van der Waals surface area contributed by atoms with Gasteiger partial charge in [0.05, 0.1) is 17.5 Å². The number of fused-ring (bicyclic) bond motifs is 1. The maximum absolute atomic E-state index is 6.29. The lowest BCUT2D eigenvalue weighted by molar-refractivity contribution is -0.0108. The van der Waals surface area contributed by atoms with Crippen LogP contribution in [0, 0.1) is 19.8 Å². The van der Waals surface area contributed by atoms with E-state index in [0.29, 0.717) is 12.0 Å². The number of rotatable bonds is 3. The summed E-state index contributed by atoms with van der Waals surface area (Å²) < 4.78 is 11.6. The van der Waals surface area contributed by atoms with Gasteiger partial charge in [-0.2, -0.15) is 0 Å². The second-order valence-electron chi connectivity index (χ2n) is 6.62. The van der Waals surface area contributed by atoms with Crippen molar-refractivity contribution in [1.82, 2.24) is 20.0 Å². The van der Waals surface area contributed by atoms with Crippen molar-refractivity contribution in [1.29, 1.82) is 0 Å². The Morgan fingerprint density at radius 1 is 1.35 bits per heavy atom. The molecule has 0 N–H and O–H groups in total. The molecule has 2 aromatic rings. The van der Waals surface area contributed by atoms with Gasteiger partial charge in [-0.1, -0.05) is 5.16 Å². The molecule has 0 spiro atoms.